The van der Waals surface area contributed by atoms with Crippen LogP contribution in [0.1, 0.15) is 21.7 Å². The van der Waals surface area contributed by atoms with Gasteiger partial charge in [0.2, 0.25) is 0 Å². The highest BCUT2D eigenvalue weighted by atomic mass is 32.1. The molecule has 1 amide bonds. The van der Waals surface area contributed by atoms with E-state index in [9.17, 15) is 4.79 Å². The van der Waals surface area contributed by atoms with Crippen molar-refractivity contribution in [2.24, 2.45) is 12.0 Å². The first kappa shape index (κ1) is 14.9. The predicted molar refractivity (Wildman–Crippen MR) is 96.4 cm³/mol. The highest BCUT2D eigenvalue weighted by Crippen LogP contribution is 2.23. The van der Waals surface area contributed by atoms with Crippen molar-refractivity contribution < 1.29 is 9.21 Å². The van der Waals surface area contributed by atoms with Gasteiger partial charge < -0.3 is 8.98 Å². The van der Waals surface area contributed by atoms with Crippen LogP contribution in [0, 0.1) is 13.8 Å². The molecule has 0 bridgehead atoms. The smallest absolute Gasteiger partial charge is 0.315 e. The average molecular weight is 336 g/mol. The number of aryl methyl sites for hydroxylation is 3. The van der Waals surface area contributed by atoms with Crippen LogP contribution in [-0.2, 0) is 7.05 Å². The van der Waals surface area contributed by atoms with E-state index < -0.39 is 0 Å². The van der Waals surface area contributed by atoms with Gasteiger partial charge >= 0.3 is 5.91 Å². The van der Waals surface area contributed by atoms with Crippen molar-refractivity contribution in [2.75, 3.05) is 0 Å². The van der Waals surface area contributed by atoms with Gasteiger partial charge in [0.15, 0.2) is 10.6 Å². The summed E-state index contributed by atoms with van der Waals surface area (Å²) in [5, 5.41) is 0.906. The Hall–Kier alpha value is -2.66. The fraction of sp³-hybridized carbons (Fsp3) is 0.158. The number of carbonyl (C=O) groups excluding carboxylic acids is 1. The molecule has 5 heteroatoms. The fourth-order valence-corrected chi connectivity index (χ4v) is 4.21. The molecule has 0 atom stereocenters. The van der Waals surface area contributed by atoms with E-state index in [0.717, 1.165) is 15.6 Å². The van der Waals surface area contributed by atoms with E-state index >= 15 is 0 Å². The van der Waals surface area contributed by atoms with E-state index in [-0.39, 0.29) is 11.7 Å². The Morgan fingerprint density at radius 3 is 2.75 bits per heavy atom. The van der Waals surface area contributed by atoms with Gasteiger partial charge in [-0.3, -0.25) is 4.79 Å². The lowest BCUT2D eigenvalue weighted by Gasteiger charge is -2.01. The molecule has 0 N–H and O–H groups in total. The second-order valence-corrected chi connectivity index (χ2v) is 6.95. The second-order valence-electron chi connectivity index (χ2n) is 5.94. The molecule has 2 aromatic heterocycles. The zero-order chi connectivity index (χ0) is 16.8. The van der Waals surface area contributed by atoms with Gasteiger partial charge in [0, 0.05) is 12.4 Å². The van der Waals surface area contributed by atoms with Gasteiger partial charge in [0.05, 0.1) is 10.2 Å². The lowest BCUT2D eigenvalue weighted by atomic mass is 10.1. The molecule has 0 spiro atoms. The number of benzene rings is 2. The van der Waals surface area contributed by atoms with E-state index in [1.165, 1.54) is 22.5 Å². The van der Waals surface area contributed by atoms with Crippen LogP contribution in [0.3, 0.4) is 0 Å². The number of hydrogen-bond acceptors (Lipinski definition) is 3. The third-order valence-electron chi connectivity index (χ3n) is 4.07. The van der Waals surface area contributed by atoms with Crippen molar-refractivity contribution in [2.45, 2.75) is 13.8 Å². The van der Waals surface area contributed by atoms with Crippen LogP contribution in [0.15, 0.2) is 51.9 Å². The minimum absolute atomic E-state index is 0.265. The molecule has 2 heterocycles. The minimum Gasteiger partial charge on any atom is -0.451 e. The Balaban J connectivity index is 1.85. The van der Waals surface area contributed by atoms with E-state index in [1.807, 2.05) is 35.9 Å². The van der Waals surface area contributed by atoms with E-state index in [1.54, 1.807) is 6.07 Å². The first-order valence-corrected chi connectivity index (χ1v) is 8.49. The summed E-state index contributed by atoms with van der Waals surface area (Å²) in [4.78, 5) is 17.4. The number of nitrogens with zero attached hydrogens (tertiary/aromatic N) is 2. The summed E-state index contributed by atoms with van der Waals surface area (Å²) in [7, 11) is 1.94. The Morgan fingerprint density at radius 1 is 1.17 bits per heavy atom. The molecule has 4 aromatic rings. The van der Waals surface area contributed by atoms with Crippen molar-refractivity contribution in [3.63, 3.8) is 0 Å². The van der Waals surface area contributed by atoms with Crippen LogP contribution < -0.4 is 4.80 Å². The maximum atomic E-state index is 12.5. The summed E-state index contributed by atoms with van der Waals surface area (Å²) in [5.74, 6) is -0.0933. The lowest BCUT2D eigenvalue weighted by Crippen LogP contribution is -2.13. The third kappa shape index (κ3) is 2.37. The molecule has 0 aliphatic heterocycles. The Kier molecular flexibility index (Phi) is 3.39. The van der Waals surface area contributed by atoms with E-state index in [2.05, 4.69) is 31.0 Å². The maximum absolute atomic E-state index is 12.5. The quantitative estimate of drug-likeness (QED) is 0.519. The van der Waals surface area contributed by atoms with Crippen LogP contribution in [0.5, 0.6) is 0 Å². The van der Waals surface area contributed by atoms with Crippen LogP contribution in [0.4, 0.5) is 0 Å². The van der Waals surface area contributed by atoms with Crippen LogP contribution in [0.25, 0.3) is 21.2 Å². The molecule has 0 aliphatic carbocycles. The number of fused-ring (bicyclic) bond motifs is 2. The maximum Gasteiger partial charge on any atom is 0.315 e. The molecule has 4 rings (SSSR count). The highest BCUT2D eigenvalue weighted by molar-refractivity contribution is 7.16. The third-order valence-corrected chi connectivity index (χ3v) is 5.15. The first-order chi connectivity index (χ1) is 11.5. The van der Waals surface area contributed by atoms with Crippen molar-refractivity contribution in [3.8, 4) is 0 Å². The van der Waals surface area contributed by atoms with Crippen LogP contribution in [0.2, 0.25) is 0 Å². The largest absolute Gasteiger partial charge is 0.451 e. The van der Waals surface area contributed by atoms with Gasteiger partial charge in [-0.25, -0.2) is 0 Å². The average Bonchev–Trinajstić information content (AvgIpc) is 3.09. The standard InChI is InChI=1S/C19H16N2O2S/c1-11-8-12(2)17-16(9-11)24-19(21(17)3)20-18(22)15-10-13-6-4-5-7-14(13)23-15/h4-10H,1-3H3. The summed E-state index contributed by atoms with van der Waals surface area (Å²) >= 11 is 1.52. The summed E-state index contributed by atoms with van der Waals surface area (Å²) in [6.45, 7) is 4.15. The van der Waals surface area contributed by atoms with Crippen molar-refractivity contribution in [3.05, 3.63) is 64.2 Å². The zero-order valence-corrected chi connectivity index (χ0v) is 14.5. The van der Waals surface area contributed by atoms with E-state index in [4.69, 9.17) is 4.42 Å². The number of rotatable bonds is 1. The van der Waals surface area contributed by atoms with Gasteiger partial charge in [-0.15, -0.1) is 0 Å². The van der Waals surface area contributed by atoms with Crippen molar-refractivity contribution >= 4 is 38.4 Å². The number of furan rings is 1. The molecule has 24 heavy (non-hydrogen) atoms. The van der Waals surface area contributed by atoms with Gasteiger partial charge in [0.25, 0.3) is 0 Å². The normalized spacial score (nSPS) is 12.4. The number of carbonyl (C=O) groups is 1. The first-order valence-electron chi connectivity index (χ1n) is 7.67. The van der Waals surface area contributed by atoms with Gasteiger partial charge in [-0.2, -0.15) is 4.99 Å². The number of amides is 1. The van der Waals surface area contributed by atoms with Gasteiger partial charge in [-0.05, 0) is 43.2 Å². The summed E-state index contributed by atoms with van der Waals surface area (Å²) in [5.41, 5.74) is 4.20. The van der Waals surface area contributed by atoms with E-state index in [0.29, 0.717) is 10.4 Å². The predicted octanol–water partition coefficient (Wildman–Crippen LogP) is 4.34. The molecule has 4 nitrogen and oxygen atoms in total. The summed E-state index contributed by atoms with van der Waals surface area (Å²) in [6, 6.07) is 13.6. The number of thiazole rings is 1. The highest BCUT2D eigenvalue weighted by Gasteiger charge is 2.13. The molecule has 0 saturated carbocycles. The fourth-order valence-electron chi connectivity index (χ4n) is 3.02. The second kappa shape index (κ2) is 5.46. The topological polar surface area (TPSA) is 47.5 Å². The molecule has 0 saturated heterocycles. The SMILES string of the molecule is Cc1cc(C)c2c(c1)sc(=NC(=O)c1cc3ccccc3o1)n2C. The van der Waals surface area contributed by atoms with Crippen LogP contribution in [-0.4, -0.2) is 10.5 Å². The minimum atomic E-state index is -0.359. The Labute approximate surface area is 142 Å². The Bertz CT molecular complexity index is 1130. The molecular weight excluding hydrogens is 320 g/mol. The van der Waals surface area contributed by atoms with Gasteiger partial charge in [0.1, 0.15) is 5.58 Å². The van der Waals surface area contributed by atoms with Crippen molar-refractivity contribution in [1.29, 1.82) is 0 Å². The molecule has 120 valence electrons. The lowest BCUT2D eigenvalue weighted by molar-refractivity contribution is 0.0973. The van der Waals surface area contributed by atoms with Crippen LogP contribution >= 0.6 is 11.3 Å². The van der Waals surface area contributed by atoms with Crippen molar-refractivity contribution in [1.82, 2.24) is 4.57 Å². The molecular formula is C19H16N2O2S. The molecule has 0 radical (unpaired) electrons. The number of hydrogen-bond donors (Lipinski definition) is 0. The summed E-state index contributed by atoms with van der Waals surface area (Å²) in [6.07, 6.45) is 0. The van der Waals surface area contributed by atoms with Gasteiger partial charge in [-0.1, -0.05) is 35.6 Å². The monoisotopic (exact) mass is 336 g/mol. The molecule has 0 aliphatic rings. The molecule has 0 fully saturated rings. The number of aromatic nitrogens is 1. The zero-order valence-electron chi connectivity index (χ0n) is 13.7. The summed E-state index contributed by atoms with van der Waals surface area (Å²) < 4.78 is 8.71. The molecule has 2 aromatic carbocycles. The Morgan fingerprint density at radius 2 is 1.96 bits per heavy atom. The molecule has 0 unspecified atom stereocenters. The number of para-hydroxylation sites is 1.